The van der Waals surface area contributed by atoms with Crippen LogP contribution in [0.1, 0.15) is 0 Å². The van der Waals surface area contributed by atoms with Gasteiger partial charge in [0.15, 0.2) is 11.3 Å². The van der Waals surface area contributed by atoms with Crippen LogP contribution in [0.2, 0.25) is 0 Å². The Hall–Kier alpha value is -0.864. The summed E-state index contributed by atoms with van der Waals surface area (Å²) in [7, 11) is 0. The van der Waals surface area contributed by atoms with E-state index < -0.39 is 11.1 Å². The van der Waals surface area contributed by atoms with Crippen molar-refractivity contribution in [2.75, 3.05) is 0 Å². The Morgan fingerprint density at radius 2 is 1.24 bits per heavy atom. The fourth-order valence-electron chi connectivity index (χ4n) is 1.50. The summed E-state index contributed by atoms with van der Waals surface area (Å²) in [6.07, 6.45) is 0. The van der Waals surface area contributed by atoms with E-state index in [0.717, 1.165) is 0 Å². The van der Waals surface area contributed by atoms with Crippen molar-refractivity contribution in [3.05, 3.63) is 45.0 Å². The van der Waals surface area contributed by atoms with E-state index in [1.54, 1.807) is 12.1 Å². The van der Waals surface area contributed by atoms with E-state index >= 15 is 0 Å². The normalized spacial score (nSPS) is 10.4. The molecule has 1 radical (unpaired) electrons. The number of aromatic nitrogens is 4. The zero-order chi connectivity index (χ0) is 11.1. The van der Waals surface area contributed by atoms with Gasteiger partial charge in [0.2, 0.25) is 0 Å². The van der Waals surface area contributed by atoms with Crippen molar-refractivity contribution in [3.63, 3.8) is 0 Å². The van der Waals surface area contributed by atoms with Gasteiger partial charge in [-0.05, 0) is 12.1 Å². The van der Waals surface area contributed by atoms with Gasteiger partial charge in [0, 0.05) is 51.4 Å². The van der Waals surface area contributed by atoms with Crippen LogP contribution in [0.4, 0.5) is 0 Å². The summed E-state index contributed by atoms with van der Waals surface area (Å²) in [6.45, 7) is 0. The number of fused-ring (bicyclic) bond motifs is 2. The molecule has 2 N–H and O–H groups in total. The summed E-state index contributed by atoms with van der Waals surface area (Å²) in [6, 6.07) is 7.22. The molecular weight excluding hydrogens is 247 g/mol. The monoisotopic (exact) mass is 253 g/mol. The minimum absolute atomic E-state index is 0. The molecule has 0 spiro atoms. The molecule has 7 heteroatoms. The molecule has 0 atom stereocenters. The SMILES string of the molecule is O=c1[nH]c2nc3ccccc3nc2[nH]c1=O.[K]. The number of hydrogen-bond donors (Lipinski definition) is 2. The molecule has 3 rings (SSSR count). The van der Waals surface area contributed by atoms with Crippen molar-refractivity contribution < 1.29 is 0 Å². The Kier molecular flexibility index (Phi) is 3.55. The minimum Gasteiger partial charge on any atom is -0.299 e. The van der Waals surface area contributed by atoms with Crippen LogP contribution in [0.25, 0.3) is 22.3 Å². The van der Waals surface area contributed by atoms with Crippen LogP contribution in [-0.4, -0.2) is 71.3 Å². The molecule has 0 fully saturated rings. The van der Waals surface area contributed by atoms with Gasteiger partial charge < -0.3 is 0 Å². The molecule has 3 aromatic rings. The van der Waals surface area contributed by atoms with Crippen molar-refractivity contribution in [2.45, 2.75) is 0 Å². The van der Waals surface area contributed by atoms with Crippen molar-refractivity contribution in [1.29, 1.82) is 0 Å². The van der Waals surface area contributed by atoms with Crippen LogP contribution in [0.15, 0.2) is 33.9 Å². The topological polar surface area (TPSA) is 91.5 Å². The molecule has 79 valence electrons. The van der Waals surface area contributed by atoms with E-state index in [-0.39, 0.29) is 62.7 Å². The molecule has 0 unspecified atom stereocenters. The predicted octanol–water partition coefficient (Wildman–Crippen LogP) is -0.221. The second kappa shape index (κ2) is 4.79. The smallest absolute Gasteiger partial charge is 0.299 e. The van der Waals surface area contributed by atoms with Crippen molar-refractivity contribution in [2.24, 2.45) is 0 Å². The number of H-pyrrole nitrogens is 2. The van der Waals surface area contributed by atoms with E-state index in [2.05, 4.69) is 19.9 Å². The summed E-state index contributed by atoms with van der Waals surface area (Å²) in [4.78, 5) is 35.3. The molecule has 17 heavy (non-hydrogen) atoms. The number of benzene rings is 1. The summed E-state index contributed by atoms with van der Waals surface area (Å²) in [5.74, 6) is 0. The third kappa shape index (κ3) is 2.24. The van der Waals surface area contributed by atoms with Crippen molar-refractivity contribution in [3.8, 4) is 0 Å². The van der Waals surface area contributed by atoms with Crippen LogP contribution in [0.3, 0.4) is 0 Å². The summed E-state index contributed by atoms with van der Waals surface area (Å²) in [5.41, 5.74) is 0.441. The molecule has 6 nitrogen and oxygen atoms in total. The third-order valence-electron chi connectivity index (χ3n) is 2.24. The second-order valence-electron chi connectivity index (χ2n) is 3.32. The minimum atomic E-state index is -0.725. The van der Waals surface area contributed by atoms with Gasteiger partial charge in [-0.1, -0.05) is 12.1 Å². The molecule has 0 saturated heterocycles. The van der Waals surface area contributed by atoms with Gasteiger partial charge >= 0.3 is 11.1 Å². The van der Waals surface area contributed by atoms with E-state index in [1.165, 1.54) is 0 Å². The molecular formula is C10H6KN4O2. The van der Waals surface area contributed by atoms with Gasteiger partial charge in [0.05, 0.1) is 11.0 Å². The number of para-hydroxylation sites is 2. The van der Waals surface area contributed by atoms with Gasteiger partial charge in [-0.3, -0.25) is 19.6 Å². The van der Waals surface area contributed by atoms with Gasteiger partial charge in [0.25, 0.3) is 0 Å². The van der Waals surface area contributed by atoms with Crippen LogP contribution in [-0.2, 0) is 0 Å². The zero-order valence-corrected chi connectivity index (χ0v) is 12.1. The zero-order valence-electron chi connectivity index (χ0n) is 9.02. The maximum Gasteiger partial charge on any atom is 0.315 e. The molecule has 0 amide bonds. The molecule has 2 aromatic heterocycles. The van der Waals surface area contributed by atoms with E-state index in [1.807, 2.05) is 12.1 Å². The maximum atomic E-state index is 11.1. The molecule has 0 aliphatic heterocycles. The summed E-state index contributed by atoms with van der Waals surface area (Å²) in [5, 5.41) is 0. The Morgan fingerprint density at radius 1 is 0.824 bits per heavy atom. The third-order valence-corrected chi connectivity index (χ3v) is 2.24. The van der Waals surface area contributed by atoms with Crippen LogP contribution in [0, 0.1) is 0 Å². The summed E-state index contributed by atoms with van der Waals surface area (Å²) < 4.78 is 0. The quantitative estimate of drug-likeness (QED) is 0.329. The first kappa shape index (κ1) is 12.6. The first-order chi connectivity index (χ1) is 7.74. The fraction of sp³-hybridized carbons (Fsp3) is 0. The number of nitrogens with one attached hydrogen (secondary N) is 2. The number of hydrogen-bond acceptors (Lipinski definition) is 4. The average molecular weight is 253 g/mol. The largest absolute Gasteiger partial charge is 0.315 e. The number of rotatable bonds is 0. The molecule has 0 bridgehead atoms. The second-order valence-corrected chi connectivity index (χ2v) is 3.32. The van der Waals surface area contributed by atoms with Gasteiger partial charge in [-0.25, -0.2) is 9.97 Å². The maximum absolute atomic E-state index is 11.1. The Labute approximate surface area is 137 Å². The van der Waals surface area contributed by atoms with Gasteiger partial charge in [-0.2, -0.15) is 0 Å². The van der Waals surface area contributed by atoms with Crippen molar-refractivity contribution >= 4 is 73.7 Å². The Bertz CT molecular complexity index is 740. The van der Waals surface area contributed by atoms with Crippen LogP contribution < -0.4 is 11.1 Å². The number of aromatic amines is 2. The standard InChI is InChI=1S/C10H6N4O2.K/c15-9-10(16)14-8-7(13-9)11-5-3-1-2-4-6(5)12-8;/h1-4H,(H,11,13,15)(H,12,14,16);. The van der Waals surface area contributed by atoms with Gasteiger partial charge in [0.1, 0.15) is 0 Å². The molecule has 0 saturated carbocycles. The van der Waals surface area contributed by atoms with Crippen LogP contribution in [0.5, 0.6) is 0 Å². The average Bonchev–Trinajstić information content (AvgIpc) is 2.28. The van der Waals surface area contributed by atoms with Crippen LogP contribution >= 0.6 is 0 Å². The Morgan fingerprint density at radius 3 is 1.65 bits per heavy atom. The van der Waals surface area contributed by atoms with Crippen molar-refractivity contribution in [1.82, 2.24) is 19.9 Å². The number of nitrogens with zero attached hydrogens (tertiary/aromatic N) is 2. The predicted molar refractivity (Wildman–Crippen MR) is 64.0 cm³/mol. The molecule has 1 aromatic carbocycles. The van der Waals surface area contributed by atoms with E-state index in [0.29, 0.717) is 11.0 Å². The summed E-state index contributed by atoms with van der Waals surface area (Å²) >= 11 is 0. The fourth-order valence-corrected chi connectivity index (χ4v) is 1.50. The van der Waals surface area contributed by atoms with E-state index in [9.17, 15) is 9.59 Å². The van der Waals surface area contributed by atoms with E-state index in [4.69, 9.17) is 0 Å². The van der Waals surface area contributed by atoms with Gasteiger partial charge in [-0.15, -0.1) is 0 Å². The Balaban J connectivity index is 0.00000108. The first-order valence-electron chi connectivity index (χ1n) is 4.63. The first-order valence-corrected chi connectivity index (χ1v) is 4.63. The molecule has 0 aliphatic carbocycles. The molecule has 0 aliphatic rings. The molecule has 2 heterocycles.